The number of nitrogen functional groups attached to an aromatic ring is 1. The highest BCUT2D eigenvalue weighted by Gasteiger charge is 2.68. The molecule has 1 saturated carbocycles. The van der Waals surface area contributed by atoms with Gasteiger partial charge in [0, 0.05) is 17.2 Å². The van der Waals surface area contributed by atoms with Gasteiger partial charge in [-0.3, -0.25) is 0 Å². The van der Waals surface area contributed by atoms with Gasteiger partial charge in [0.25, 0.3) is 0 Å². The van der Waals surface area contributed by atoms with Gasteiger partial charge < -0.3 is 16.6 Å². The van der Waals surface area contributed by atoms with Crippen molar-refractivity contribution in [3.63, 3.8) is 0 Å². The molecule has 0 bridgehead atoms. The molecule has 2 aliphatic rings. The van der Waals surface area contributed by atoms with Crippen LogP contribution >= 0.6 is 11.8 Å². The van der Waals surface area contributed by atoms with Crippen LogP contribution in [0.25, 0.3) is 0 Å². The quantitative estimate of drug-likeness (QED) is 0.736. The van der Waals surface area contributed by atoms with Crippen molar-refractivity contribution in [2.75, 3.05) is 19.0 Å². The van der Waals surface area contributed by atoms with Crippen LogP contribution in [0.5, 0.6) is 0 Å². The number of anilines is 1. The standard InChI is InChI=1S/C13H15F2N3OS/c14-5-13(8-3-7(16)1-2-9(8)15)10-4-12(10,6-19)20-11(17)18-13/h1-3,10,19H,4-6,16H2,(H2,17,18)/t10?,12-,13-/m1/s1. The van der Waals surface area contributed by atoms with Crippen LogP contribution in [-0.4, -0.2) is 28.3 Å². The van der Waals surface area contributed by atoms with Gasteiger partial charge in [0.2, 0.25) is 0 Å². The summed E-state index contributed by atoms with van der Waals surface area (Å²) in [5, 5.41) is 9.71. The smallest absolute Gasteiger partial charge is 0.155 e. The molecule has 1 heterocycles. The Morgan fingerprint density at radius 3 is 2.85 bits per heavy atom. The molecule has 1 aromatic rings. The van der Waals surface area contributed by atoms with Crippen molar-refractivity contribution in [2.24, 2.45) is 16.6 Å². The van der Waals surface area contributed by atoms with E-state index >= 15 is 0 Å². The normalized spacial score (nSPS) is 35.4. The molecule has 108 valence electrons. The predicted octanol–water partition coefficient (Wildman–Crippen LogP) is 1.39. The highest BCUT2D eigenvalue weighted by Crippen LogP contribution is 2.65. The third kappa shape index (κ3) is 1.73. The Hall–Kier alpha value is -1.34. The maximum Gasteiger partial charge on any atom is 0.155 e. The highest BCUT2D eigenvalue weighted by atomic mass is 32.2. The zero-order chi connectivity index (χ0) is 14.5. The lowest BCUT2D eigenvalue weighted by molar-refractivity contribution is 0.231. The SMILES string of the molecule is NC1=N[C@](CF)(c2cc(N)ccc2F)C2C[C@]2(CO)S1. The number of aliphatic hydroxyl groups excluding tert-OH is 1. The molecule has 0 radical (unpaired) electrons. The first-order valence-electron chi connectivity index (χ1n) is 6.24. The van der Waals surface area contributed by atoms with Crippen LogP contribution < -0.4 is 11.5 Å². The van der Waals surface area contributed by atoms with Gasteiger partial charge in [-0.25, -0.2) is 13.8 Å². The number of alkyl halides is 1. The molecular formula is C13H15F2N3OS. The predicted molar refractivity (Wildman–Crippen MR) is 75.6 cm³/mol. The first-order chi connectivity index (χ1) is 9.47. The van der Waals surface area contributed by atoms with Crippen LogP contribution in [0, 0.1) is 11.7 Å². The van der Waals surface area contributed by atoms with Crippen molar-refractivity contribution < 1.29 is 13.9 Å². The largest absolute Gasteiger partial charge is 0.399 e. The van der Waals surface area contributed by atoms with E-state index < -0.39 is 22.8 Å². The topological polar surface area (TPSA) is 84.6 Å². The molecular weight excluding hydrogens is 284 g/mol. The summed E-state index contributed by atoms with van der Waals surface area (Å²) >= 11 is 1.24. The minimum atomic E-state index is -1.38. The summed E-state index contributed by atoms with van der Waals surface area (Å²) in [5.41, 5.74) is 10.5. The van der Waals surface area contributed by atoms with Crippen molar-refractivity contribution in [1.29, 1.82) is 0 Å². The molecule has 1 unspecified atom stereocenters. The Morgan fingerprint density at radius 2 is 2.20 bits per heavy atom. The third-order valence-electron chi connectivity index (χ3n) is 4.15. The van der Waals surface area contributed by atoms with Gasteiger partial charge in [0.1, 0.15) is 18.0 Å². The van der Waals surface area contributed by atoms with E-state index in [0.717, 1.165) is 0 Å². The monoisotopic (exact) mass is 299 g/mol. The van der Waals surface area contributed by atoms with Crippen molar-refractivity contribution >= 4 is 22.6 Å². The molecule has 3 rings (SSSR count). The Labute approximate surface area is 119 Å². The number of hydrogen-bond donors (Lipinski definition) is 3. The molecule has 0 amide bonds. The molecule has 3 atom stereocenters. The lowest BCUT2D eigenvalue weighted by Crippen LogP contribution is -2.41. The zero-order valence-corrected chi connectivity index (χ0v) is 11.5. The van der Waals surface area contributed by atoms with E-state index in [0.29, 0.717) is 12.1 Å². The lowest BCUT2D eigenvalue weighted by Gasteiger charge is -2.34. The fourth-order valence-electron chi connectivity index (χ4n) is 3.03. The lowest BCUT2D eigenvalue weighted by atomic mass is 9.84. The Kier molecular flexibility index (Phi) is 2.95. The fraction of sp³-hybridized carbons (Fsp3) is 0.462. The number of fused-ring (bicyclic) bond motifs is 1. The van der Waals surface area contributed by atoms with Crippen molar-refractivity contribution in [2.45, 2.75) is 16.7 Å². The maximum absolute atomic E-state index is 14.1. The summed E-state index contributed by atoms with van der Waals surface area (Å²) < 4.78 is 27.4. The summed E-state index contributed by atoms with van der Waals surface area (Å²) in [6, 6.07) is 4.03. The number of rotatable bonds is 3. The molecule has 4 nitrogen and oxygen atoms in total. The van der Waals surface area contributed by atoms with E-state index in [1.165, 1.54) is 30.0 Å². The van der Waals surface area contributed by atoms with Crippen LogP contribution in [0.2, 0.25) is 0 Å². The van der Waals surface area contributed by atoms with Crippen molar-refractivity contribution in [3.8, 4) is 0 Å². The van der Waals surface area contributed by atoms with Gasteiger partial charge in [-0.05, 0) is 24.6 Å². The van der Waals surface area contributed by atoms with Crippen LogP contribution in [0.15, 0.2) is 23.2 Å². The molecule has 7 heteroatoms. The summed E-state index contributed by atoms with van der Waals surface area (Å²) in [5.74, 6) is -0.836. The average molecular weight is 299 g/mol. The van der Waals surface area contributed by atoms with Gasteiger partial charge in [0.15, 0.2) is 5.17 Å². The molecule has 1 aromatic carbocycles. The minimum Gasteiger partial charge on any atom is -0.399 e. The molecule has 1 aliphatic carbocycles. The molecule has 0 spiro atoms. The first kappa shape index (κ1) is 13.6. The van der Waals surface area contributed by atoms with E-state index in [-0.39, 0.29) is 23.3 Å². The summed E-state index contributed by atoms with van der Waals surface area (Å²) in [6.07, 6.45) is 0.552. The van der Waals surface area contributed by atoms with Crippen LogP contribution in [0.3, 0.4) is 0 Å². The number of amidine groups is 1. The van der Waals surface area contributed by atoms with Crippen LogP contribution in [0.1, 0.15) is 12.0 Å². The summed E-state index contributed by atoms with van der Waals surface area (Å²) in [7, 11) is 0. The second-order valence-corrected chi connectivity index (χ2v) is 6.76. The Bertz CT molecular complexity index is 597. The summed E-state index contributed by atoms with van der Waals surface area (Å²) in [4.78, 5) is 4.20. The molecule has 0 aromatic heterocycles. The molecule has 0 saturated heterocycles. The van der Waals surface area contributed by atoms with E-state index in [9.17, 15) is 13.9 Å². The Balaban J connectivity index is 2.17. The number of aliphatic hydroxyl groups is 1. The number of nitrogens with two attached hydrogens (primary N) is 2. The van der Waals surface area contributed by atoms with Gasteiger partial charge in [-0.1, -0.05) is 11.8 Å². The fourth-order valence-corrected chi connectivity index (χ4v) is 4.31. The van der Waals surface area contributed by atoms with Crippen LogP contribution in [-0.2, 0) is 5.54 Å². The number of thioether (sulfide) groups is 1. The van der Waals surface area contributed by atoms with E-state index in [2.05, 4.69) is 4.99 Å². The van der Waals surface area contributed by atoms with Gasteiger partial charge >= 0.3 is 0 Å². The number of hydrogen-bond acceptors (Lipinski definition) is 5. The second kappa shape index (κ2) is 4.33. The summed E-state index contributed by atoms with van der Waals surface area (Å²) in [6.45, 7) is -1.01. The van der Waals surface area contributed by atoms with Crippen molar-refractivity contribution in [1.82, 2.24) is 0 Å². The zero-order valence-electron chi connectivity index (χ0n) is 10.6. The minimum absolute atomic E-state index is 0.114. The van der Waals surface area contributed by atoms with Gasteiger partial charge in [-0.15, -0.1) is 0 Å². The van der Waals surface area contributed by atoms with E-state index in [4.69, 9.17) is 11.5 Å². The molecule has 20 heavy (non-hydrogen) atoms. The van der Waals surface area contributed by atoms with Crippen LogP contribution in [0.4, 0.5) is 14.5 Å². The number of halogens is 2. The number of benzene rings is 1. The third-order valence-corrected chi connectivity index (χ3v) is 5.43. The highest BCUT2D eigenvalue weighted by molar-refractivity contribution is 8.15. The number of nitrogens with zero attached hydrogens (tertiary/aromatic N) is 1. The van der Waals surface area contributed by atoms with E-state index in [1.54, 1.807) is 0 Å². The molecule has 1 aliphatic heterocycles. The number of aliphatic imine (C=N–C) groups is 1. The maximum atomic E-state index is 14.1. The second-order valence-electron chi connectivity index (χ2n) is 5.33. The van der Waals surface area contributed by atoms with Crippen molar-refractivity contribution in [3.05, 3.63) is 29.6 Å². The average Bonchev–Trinajstić information content (AvgIpc) is 3.16. The Morgan fingerprint density at radius 1 is 1.45 bits per heavy atom. The first-order valence-corrected chi connectivity index (χ1v) is 7.06. The molecule has 1 fully saturated rings. The van der Waals surface area contributed by atoms with Gasteiger partial charge in [-0.2, -0.15) is 0 Å². The van der Waals surface area contributed by atoms with E-state index in [1.807, 2.05) is 0 Å². The van der Waals surface area contributed by atoms with Gasteiger partial charge in [0.05, 0.1) is 11.4 Å². The molecule has 5 N–H and O–H groups in total.